The molecular weight excluding hydrogens is 189 g/mol. The third-order valence-corrected chi connectivity index (χ3v) is 9.06. The van der Waals surface area contributed by atoms with E-state index in [1.807, 2.05) is 0 Å². The average Bonchev–Trinajstić information content (AvgIpc) is 1.77. The van der Waals surface area contributed by atoms with E-state index in [-0.39, 0.29) is 15.5 Å². The Bertz CT molecular complexity index is 202. The van der Waals surface area contributed by atoms with Crippen LogP contribution < -0.4 is 0 Å². The third kappa shape index (κ3) is 2.08. The van der Waals surface area contributed by atoms with Gasteiger partial charge in [-0.1, -0.05) is 62.3 Å². The summed E-state index contributed by atoms with van der Waals surface area (Å²) in [5, 5.41) is 9.29. The molecular formula is C12H28NP. The van der Waals surface area contributed by atoms with Gasteiger partial charge < -0.3 is 5.16 Å². The molecule has 0 aliphatic carbocycles. The van der Waals surface area contributed by atoms with Gasteiger partial charge in [-0.05, 0) is 22.5 Å². The van der Waals surface area contributed by atoms with Crippen LogP contribution in [-0.2, 0) is 0 Å². The molecule has 0 amide bonds. The molecule has 0 rings (SSSR count). The molecule has 0 aliphatic rings. The normalized spacial score (nSPS) is 15.8. The van der Waals surface area contributed by atoms with Crippen molar-refractivity contribution >= 4 is 7.05 Å². The van der Waals surface area contributed by atoms with E-state index in [1.54, 1.807) is 0 Å². The van der Waals surface area contributed by atoms with E-state index in [9.17, 15) is 0 Å². The van der Waals surface area contributed by atoms with E-state index in [1.165, 1.54) is 0 Å². The first-order valence-electron chi connectivity index (χ1n) is 5.39. The van der Waals surface area contributed by atoms with E-state index in [0.717, 1.165) is 0 Å². The zero-order valence-electron chi connectivity index (χ0n) is 11.4. The summed E-state index contributed by atoms with van der Waals surface area (Å²) in [6, 6.07) is 0. The van der Waals surface area contributed by atoms with Crippen molar-refractivity contribution in [2.45, 2.75) is 77.8 Å². The Balaban J connectivity index is 5.69. The average molecular weight is 217 g/mol. The SMILES string of the molecule is CC(C)(C)P(=N)(C(C)(C)C)C(C)(C)C. The number of rotatable bonds is 0. The van der Waals surface area contributed by atoms with Crippen molar-refractivity contribution in [1.82, 2.24) is 0 Å². The molecule has 14 heavy (non-hydrogen) atoms. The van der Waals surface area contributed by atoms with Gasteiger partial charge in [-0.15, -0.1) is 0 Å². The second-order valence-electron chi connectivity index (χ2n) is 7.18. The predicted molar refractivity (Wildman–Crippen MR) is 68.9 cm³/mol. The van der Waals surface area contributed by atoms with E-state index in [4.69, 9.17) is 5.16 Å². The predicted octanol–water partition coefficient (Wildman–Crippen LogP) is 5.16. The Morgan fingerprint density at radius 2 is 0.714 bits per heavy atom. The van der Waals surface area contributed by atoms with Crippen LogP contribution in [0.25, 0.3) is 0 Å². The van der Waals surface area contributed by atoms with Crippen LogP contribution in [0.3, 0.4) is 0 Å². The minimum absolute atomic E-state index is 0.101. The first kappa shape index (κ1) is 14.2. The Morgan fingerprint density at radius 3 is 0.714 bits per heavy atom. The van der Waals surface area contributed by atoms with Gasteiger partial charge in [0.25, 0.3) is 0 Å². The maximum absolute atomic E-state index is 8.99. The zero-order chi connectivity index (χ0) is 12.0. The molecule has 0 unspecified atom stereocenters. The van der Waals surface area contributed by atoms with Gasteiger partial charge in [-0.25, -0.2) is 0 Å². The lowest BCUT2D eigenvalue weighted by Crippen LogP contribution is -2.38. The number of nitrogens with one attached hydrogen (secondary N) is 1. The molecule has 0 radical (unpaired) electrons. The van der Waals surface area contributed by atoms with Crippen molar-refractivity contribution in [2.24, 2.45) is 0 Å². The molecule has 0 aromatic carbocycles. The number of hydrogen-bond acceptors (Lipinski definition) is 1. The monoisotopic (exact) mass is 217 g/mol. The van der Waals surface area contributed by atoms with E-state index < -0.39 is 7.05 Å². The van der Waals surface area contributed by atoms with E-state index in [0.29, 0.717) is 0 Å². The fourth-order valence-electron chi connectivity index (χ4n) is 3.02. The van der Waals surface area contributed by atoms with Crippen LogP contribution in [0, 0.1) is 5.16 Å². The summed E-state index contributed by atoms with van der Waals surface area (Å²) in [5.74, 6) is 0. The highest BCUT2D eigenvalue weighted by Gasteiger charge is 2.49. The van der Waals surface area contributed by atoms with Crippen LogP contribution in [0.2, 0.25) is 0 Å². The molecule has 0 aliphatic heterocycles. The van der Waals surface area contributed by atoms with Crippen LogP contribution >= 0.6 is 7.05 Å². The summed E-state index contributed by atoms with van der Waals surface area (Å²) >= 11 is 0. The van der Waals surface area contributed by atoms with Crippen molar-refractivity contribution in [3.8, 4) is 0 Å². The maximum Gasteiger partial charge on any atom is -0.00239 e. The van der Waals surface area contributed by atoms with E-state index in [2.05, 4.69) is 62.3 Å². The van der Waals surface area contributed by atoms with Crippen molar-refractivity contribution in [2.75, 3.05) is 0 Å². The van der Waals surface area contributed by atoms with Crippen LogP contribution in [-0.4, -0.2) is 15.5 Å². The van der Waals surface area contributed by atoms with Gasteiger partial charge in [-0.2, -0.15) is 0 Å². The van der Waals surface area contributed by atoms with Crippen LogP contribution in [0.4, 0.5) is 0 Å². The van der Waals surface area contributed by atoms with Crippen molar-refractivity contribution in [1.29, 1.82) is 5.16 Å². The molecule has 0 spiro atoms. The molecule has 0 heterocycles. The lowest BCUT2D eigenvalue weighted by atomic mass is 10.2. The first-order chi connectivity index (χ1) is 5.75. The van der Waals surface area contributed by atoms with Gasteiger partial charge >= 0.3 is 0 Å². The van der Waals surface area contributed by atoms with Gasteiger partial charge in [0, 0.05) is 0 Å². The Kier molecular flexibility index (Phi) is 3.43. The highest BCUT2D eigenvalue weighted by atomic mass is 31.2. The van der Waals surface area contributed by atoms with Gasteiger partial charge in [0.15, 0.2) is 0 Å². The smallest absolute Gasteiger partial charge is 0.00239 e. The van der Waals surface area contributed by atoms with Crippen molar-refractivity contribution in [3.63, 3.8) is 0 Å². The van der Waals surface area contributed by atoms with Gasteiger partial charge in [0.05, 0.1) is 0 Å². The molecule has 0 saturated carbocycles. The second-order valence-corrected chi connectivity index (χ2v) is 12.5. The third-order valence-electron chi connectivity index (χ3n) is 3.02. The van der Waals surface area contributed by atoms with E-state index >= 15 is 0 Å². The summed E-state index contributed by atoms with van der Waals surface area (Å²) in [7, 11) is -1.77. The highest BCUT2D eigenvalue weighted by molar-refractivity contribution is 7.69. The van der Waals surface area contributed by atoms with Gasteiger partial charge in [-0.3, -0.25) is 0 Å². The zero-order valence-corrected chi connectivity index (χ0v) is 12.3. The molecule has 1 N–H and O–H groups in total. The van der Waals surface area contributed by atoms with Gasteiger partial charge in [0.1, 0.15) is 0 Å². The number of hydrogen-bond donors (Lipinski definition) is 1. The molecule has 0 saturated heterocycles. The largest absolute Gasteiger partial charge is 0.317 e. The maximum atomic E-state index is 8.99. The molecule has 0 atom stereocenters. The fourth-order valence-corrected chi connectivity index (χ4v) is 9.06. The summed E-state index contributed by atoms with van der Waals surface area (Å²) < 4.78 is 0. The summed E-state index contributed by atoms with van der Waals surface area (Å²) in [6.45, 7) is 20.0. The standard InChI is InChI=1S/C12H28NP/c1-10(2,3)14(13,11(4,5)6)12(7,8)9/h13H,1-9H3. The summed E-state index contributed by atoms with van der Waals surface area (Å²) in [4.78, 5) is 0. The molecule has 0 bridgehead atoms. The van der Waals surface area contributed by atoms with Gasteiger partial charge in [0.2, 0.25) is 0 Å². The minimum atomic E-state index is -1.77. The van der Waals surface area contributed by atoms with Crippen molar-refractivity contribution < 1.29 is 0 Å². The summed E-state index contributed by atoms with van der Waals surface area (Å²) in [6.07, 6.45) is 0. The molecule has 2 heteroatoms. The summed E-state index contributed by atoms with van der Waals surface area (Å²) in [5.41, 5.74) is 0. The topological polar surface area (TPSA) is 23.9 Å². The second kappa shape index (κ2) is 3.37. The minimum Gasteiger partial charge on any atom is -0.317 e. The first-order valence-corrected chi connectivity index (χ1v) is 7.18. The molecule has 1 nitrogen and oxygen atoms in total. The molecule has 0 aromatic heterocycles. The van der Waals surface area contributed by atoms with Crippen molar-refractivity contribution in [3.05, 3.63) is 0 Å². The molecule has 86 valence electrons. The Hall–Kier alpha value is 0.230. The van der Waals surface area contributed by atoms with Crippen LogP contribution in [0.1, 0.15) is 62.3 Å². The lowest BCUT2D eigenvalue weighted by molar-refractivity contribution is 0.625. The quantitative estimate of drug-likeness (QED) is 0.542. The highest BCUT2D eigenvalue weighted by Crippen LogP contribution is 2.74. The van der Waals surface area contributed by atoms with Crippen LogP contribution in [0.15, 0.2) is 0 Å². The molecule has 0 aromatic rings. The molecule has 0 fully saturated rings. The Labute approximate surface area is 90.5 Å². The lowest BCUT2D eigenvalue weighted by Gasteiger charge is -2.53. The Morgan fingerprint density at radius 1 is 0.571 bits per heavy atom. The van der Waals surface area contributed by atoms with Crippen LogP contribution in [0.5, 0.6) is 0 Å². The fraction of sp³-hybridized carbons (Fsp3) is 1.00.